The van der Waals surface area contributed by atoms with Crippen LogP contribution in [0.25, 0.3) is 0 Å². The summed E-state index contributed by atoms with van der Waals surface area (Å²) in [5, 5.41) is 13.2. The number of fused-ring (bicyclic) bond motifs is 1. The first-order valence-corrected chi connectivity index (χ1v) is 17.7. The van der Waals surface area contributed by atoms with Crippen molar-refractivity contribution in [1.29, 1.82) is 5.26 Å². The van der Waals surface area contributed by atoms with Crippen molar-refractivity contribution in [2.45, 2.75) is 30.3 Å². The quantitative estimate of drug-likeness (QED) is 0.215. The number of nitriles is 1. The van der Waals surface area contributed by atoms with E-state index in [-0.39, 0.29) is 39.6 Å². The average molecular weight is 702 g/mol. The smallest absolute Gasteiger partial charge is 0.272 e. The number of methoxy groups -OCH3 is 1. The van der Waals surface area contributed by atoms with Gasteiger partial charge in [-0.25, -0.2) is 21.5 Å². The SMILES string of the molecule is CCN1CCN(c2ccc(CNC3(c4ccccc4OCC(F)F)C(=O)N(S(=O)(=O)c4ccc(OC)cc4)c4ccc(C#N)cc43)cc2)CC1. The van der Waals surface area contributed by atoms with Crippen LogP contribution in [0.1, 0.15) is 29.2 Å². The van der Waals surface area contributed by atoms with Gasteiger partial charge in [0.15, 0.2) is 5.54 Å². The lowest BCUT2D eigenvalue weighted by Crippen LogP contribution is -2.52. The highest BCUT2D eigenvalue weighted by Gasteiger charge is 2.57. The zero-order chi connectivity index (χ0) is 35.5. The first kappa shape index (κ1) is 34.8. The third-order valence-electron chi connectivity index (χ3n) is 9.19. The molecule has 1 amide bonds. The normalized spacial score (nSPS) is 17.9. The predicted molar refractivity (Wildman–Crippen MR) is 185 cm³/mol. The number of hydrogen-bond donors (Lipinski definition) is 1. The van der Waals surface area contributed by atoms with Crippen LogP contribution in [-0.2, 0) is 26.9 Å². The van der Waals surface area contributed by atoms with E-state index in [1.165, 1.54) is 61.7 Å². The second-order valence-electron chi connectivity index (χ2n) is 12.0. The number of alkyl halides is 2. The molecule has 1 unspecified atom stereocenters. The van der Waals surface area contributed by atoms with Crippen molar-refractivity contribution in [3.63, 3.8) is 0 Å². The maximum Gasteiger partial charge on any atom is 0.272 e. The maximum absolute atomic E-state index is 15.0. The van der Waals surface area contributed by atoms with E-state index in [2.05, 4.69) is 28.1 Å². The van der Waals surface area contributed by atoms with Crippen molar-refractivity contribution in [3.8, 4) is 17.6 Å². The van der Waals surface area contributed by atoms with Gasteiger partial charge in [0, 0.05) is 49.5 Å². The Bertz CT molecular complexity index is 2000. The Morgan fingerprint density at radius 1 is 0.940 bits per heavy atom. The summed E-state index contributed by atoms with van der Waals surface area (Å²) in [5.41, 5.74) is 0.357. The molecule has 260 valence electrons. The molecule has 2 aliphatic heterocycles. The predicted octanol–water partition coefficient (Wildman–Crippen LogP) is 5.12. The monoisotopic (exact) mass is 701 g/mol. The second kappa shape index (κ2) is 14.4. The van der Waals surface area contributed by atoms with Crippen molar-refractivity contribution in [2.75, 3.05) is 55.6 Å². The van der Waals surface area contributed by atoms with Gasteiger partial charge in [0.25, 0.3) is 22.4 Å². The number of benzene rings is 4. The Kier molecular flexibility index (Phi) is 10.1. The minimum atomic E-state index is -4.53. The molecule has 0 radical (unpaired) electrons. The lowest BCUT2D eigenvalue weighted by Gasteiger charge is -2.35. The minimum Gasteiger partial charge on any atom is -0.497 e. The number of carbonyl (C=O) groups is 1. The number of carbonyl (C=O) groups excluding carboxylic acids is 1. The van der Waals surface area contributed by atoms with E-state index in [4.69, 9.17) is 9.47 Å². The summed E-state index contributed by atoms with van der Waals surface area (Å²) in [6.45, 7) is 6.02. The fourth-order valence-electron chi connectivity index (χ4n) is 6.51. The highest BCUT2D eigenvalue weighted by atomic mass is 32.2. The molecule has 13 heteroatoms. The van der Waals surface area contributed by atoms with Crippen LogP contribution in [0, 0.1) is 11.3 Å². The van der Waals surface area contributed by atoms with Gasteiger partial charge < -0.3 is 19.3 Å². The number of likely N-dealkylation sites (N-methyl/N-ethyl adjacent to an activating group) is 1. The fourth-order valence-corrected chi connectivity index (χ4v) is 7.98. The zero-order valence-corrected chi connectivity index (χ0v) is 28.5. The number of hydrogen-bond acceptors (Lipinski definition) is 9. The number of sulfonamides is 1. The summed E-state index contributed by atoms with van der Waals surface area (Å²) >= 11 is 0. The molecule has 0 aromatic heterocycles. The average Bonchev–Trinajstić information content (AvgIpc) is 3.40. The Labute approximate surface area is 290 Å². The van der Waals surface area contributed by atoms with Crippen LogP contribution in [0.4, 0.5) is 20.2 Å². The van der Waals surface area contributed by atoms with Gasteiger partial charge in [-0.3, -0.25) is 10.1 Å². The standard InChI is InChI=1S/C37H37F2N5O5S/c1-3-42-18-20-43(21-19-42)28-11-8-26(9-12-28)24-41-37(31-6-4-5-7-34(31)49-25-35(38)39)32-22-27(23-40)10-17-33(32)44(36(37)45)50(46,47)30-15-13-29(48-2)14-16-30/h4-17,22,35,41H,3,18-21,24-25H2,1-2H3. The lowest BCUT2D eigenvalue weighted by atomic mass is 9.82. The number of rotatable bonds is 12. The van der Waals surface area contributed by atoms with E-state index in [1.807, 2.05) is 24.3 Å². The van der Waals surface area contributed by atoms with Crippen molar-refractivity contribution in [1.82, 2.24) is 10.2 Å². The molecule has 0 spiro atoms. The van der Waals surface area contributed by atoms with Gasteiger partial charge in [0.2, 0.25) is 0 Å². The molecule has 0 saturated carbocycles. The van der Waals surface area contributed by atoms with Crippen molar-refractivity contribution in [3.05, 3.63) is 113 Å². The largest absolute Gasteiger partial charge is 0.497 e. The number of para-hydroxylation sites is 1. The number of halogens is 2. The van der Waals surface area contributed by atoms with Gasteiger partial charge in [0.1, 0.15) is 18.1 Å². The molecule has 4 aromatic rings. The molecular formula is C37H37F2N5O5S. The molecular weight excluding hydrogens is 664 g/mol. The van der Waals surface area contributed by atoms with E-state index in [1.54, 1.807) is 12.1 Å². The topological polar surface area (TPSA) is 115 Å². The molecule has 1 atom stereocenters. The van der Waals surface area contributed by atoms with Gasteiger partial charge in [-0.15, -0.1) is 0 Å². The number of ether oxygens (including phenoxy) is 2. The van der Waals surface area contributed by atoms with E-state index in [0.717, 1.165) is 44.0 Å². The van der Waals surface area contributed by atoms with E-state index >= 15 is 4.79 Å². The maximum atomic E-state index is 15.0. The fraction of sp³-hybridized carbons (Fsp3) is 0.297. The van der Waals surface area contributed by atoms with Crippen LogP contribution in [-0.4, -0.2) is 72.1 Å². The summed E-state index contributed by atoms with van der Waals surface area (Å²) in [6, 6.07) is 26.0. The molecule has 0 bridgehead atoms. The summed E-state index contributed by atoms with van der Waals surface area (Å²) in [7, 11) is -3.09. The number of nitrogens with one attached hydrogen (secondary N) is 1. The van der Waals surface area contributed by atoms with Gasteiger partial charge in [0.05, 0.1) is 29.3 Å². The molecule has 2 aliphatic rings. The number of anilines is 2. The molecule has 2 heterocycles. The van der Waals surface area contributed by atoms with Gasteiger partial charge in [-0.05, 0) is 72.8 Å². The van der Waals surface area contributed by atoms with E-state index in [9.17, 15) is 22.5 Å². The Morgan fingerprint density at radius 3 is 2.28 bits per heavy atom. The Hall–Kier alpha value is -5.03. The van der Waals surface area contributed by atoms with E-state index < -0.39 is 34.5 Å². The summed E-state index contributed by atoms with van der Waals surface area (Å²) in [5.74, 6) is -0.518. The van der Waals surface area contributed by atoms with Gasteiger partial charge >= 0.3 is 0 Å². The molecule has 6 rings (SSSR count). The third-order valence-corrected chi connectivity index (χ3v) is 10.9. The van der Waals surface area contributed by atoms with Crippen LogP contribution in [0.5, 0.6) is 11.5 Å². The van der Waals surface area contributed by atoms with E-state index in [0.29, 0.717) is 10.1 Å². The Morgan fingerprint density at radius 2 is 1.64 bits per heavy atom. The highest BCUT2D eigenvalue weighted by molar-refractivity contribution is 7.93. The summed E-state index contributed by atoms with van der Waals surface area (Å²) in [4.78, 5) is 19.5. The summed E-state index contributed by atoms with van der Waals surface area (Å²) < 4.78 is 66.9. The molecule has 1 saturated heterocycles. The van der Waals surface area contributed by atoms with Crippen molar-refractivity contribution < 1.29 is 31.5 Å². The van der Waals surface area contributed by atoms with Crippen LogP contribution in [0.15, 0.2) is 95.9 Å². The zero-order valence-electron chi connectivity index (χ0n) is 27.7. The number of piperazine rings is 1. The molecule has 1 fully saturated rings. The molecule has 10 nitrogen and oxygen atoms in total. The first-order valence-electron chi connectivity index (χ1n) is 16.2. The molecule has 50 heavy (non-hydrogen) atoms. The van der Waals surface area contributed by atoms with Crippen molar-refractivity contribution in [2.24, 2.45) is 0 Å². The third kappa shape index (κ3) is 6.49. The summed E-state index contributed by atoms with van der Waals surface area (Å²) in [6.07, 6.45) is -2.81. The highest BCUT2D eigenvalue weighted by Crippen LogP contribution is 2.49. The minimum absolute atomic E-state index is 0.0163. The lowest BCUT2D eigenvalue weighted by molar-refractivity contribution is -0.121. The van der Waals surface area contributed by atoms with Crippen LogP contribution >= 0.6 is 0 Å². The molecule has 1 N–H and O–H groups in total. The number of amides is 1. The second-order valence-corrected chi connectivity index (χ2v) is 13.8. The van der Waals surface area contributed by atoms with Gasteiger partial charge in [-0.2, -0.15) is 5.26 Å². The van der Waals surface area contributed by atoms with Crippen LogP contribution < -0.4 is 24.0 Å². The number of nitrogens with zero attached hydrogens (tertiary/aromatic N) is 4. The first-order chi connectivity index (χ1) is 24.1. The molecule has 4 aromatic carbocycles. The van der Waals surface area contributed by atoms with Crippen LogP contribution in [0.3, 0.4) is 0 Å². The van der Waals surface area contributed by atoms with Gasteiger partial charge in [-0.1, -0.05) is 37.3 Å². The molecule has 0 aliphatic carbocycles. The van der Waals surface area contributed by atoms with Crippen LogP contribution in [0.2, 0.25) is 0 Å². The Balaban J connectivity index is 1.45. The van der Waals surface area contributed by atoms with Crippen molar-refractivity contribution >= 4 is 27.3 Å².